The van der Waals surface area contributed by atoms with Gasteiger partial charge in [-0.1, -0.05) is 82.3 Å². The molecular weight excluding hydrogens is 811 g/mol. The van der Waals surface area contributed by atoms with E-state index in [4.69, 9.17) is 0 Å². The number of benzene rings is 4. The molecule has 2 N–H and O–H groups in total. The number of aldehydes is 2. The second-order valence-corrected chi connectivity index (χ2v) is 18.2. The Morgan fingerprint density at radius 2 is 1.35 bits per heavy atom. The number of aryl methyl sites for hydroxylation is 6. The van der Waals surface area contributed by atoms with Crippen molar-refractivity contribution in [1.29, 1.82) is 0 Å². The third-order valence-electron chi connectivity index (χ3n) is 10.2. The number of hydrogen-bond acceptors (Lipinski definition) is 6. The van der Waals surface area contributed by atoms with Crippen LogP contribution >= 0.6 is 0 Å². The molecule has 0 bridgehead atoms. The first-order chi connectivity index (χ1) is 26.9. The molecule has 10 nitrogen and oxygen atoms in total. The van der Waals surface area contributed by atoms with Crippen molar-refractivity contribution in [2.75, 3.05) is 6.54 Å². The molecule has 320 valence electrons. The van der Waals surface area contributed by atoms with E-state index < -0.39 is 20.0 Å². The first kappa shape index (κ1) is 52.2. The van der Waals surface area contributed by atoms with Gasteiger partial charge in [-0.15, -0.1) is 0 Å². The van der Waals surface area contributed by atoms with Gasteiger partial charge in [-0.2, -0.15) is 4.31 Å². The summed E-state index contributed by atoms with van der Waals surface area (Å²) in [4.78, 5) is 25.5. The molecule has 3 heterocycles. The Bertz CT molecular complexity index is 2640. The van der Waals surface area contributed by atoms with Crippen molar-refractivity contribution in [1.82, 2.24) is 18.6 Å². The number of para-hydroxylation sites is 1. The molecule has 1 unspecified atom stereocenters. The molecule has 1 aliphatic rings. The smallest absolute Gasteiger partial charge is 1.00 e. The Hall–Kier alpha value is -3.95. The van der Waals surface area contributed by atoms with Crippen molar-refractivity contribution >= 4 is 54.4 Å². The summed E-state index contributed by atoms with van der Waals surface area (Å²) >= 11 is 0. The summed E-state index contributed by atoms with van der Waals surface area (Å²) in [6.45, 7) is 16.4. The number of aromatic amines is 1. The molecule has 1 fully saturated rings. The van der Waals surface area contributed by atoms with Gasteiger partial charge in [0, 0.05) is 70.5 Å². The van der Waals surface area contributed by atoms with Gasteiger partial charge in [0.15, 0.2) is 12.6 Å². The van der Waals surface area contributed by atoms with Crippen LogP contribution in [0.15, 0.2) is 88.9 Å². The standard InChI is InChI=1S/C22H26N2O3S.C13H19NO2S.C9H6FNO.2CH4.Na.H/c1-5-19(13-24-12-18(14-25)20-8-6-7-9-21(20)24)23-28(26,27)22-16(3)10-15(2)11-17(22)4;1-5-12-8-14(12)17(15,16)13-10(3)6-9(2)7-11(13)4;10-7-1-2-9-8(3-7)6(5-12)4-11-9;;;;/h6-12,14,19,23H,5,13H2,1-4H3;6-7,12H,5,8H2,1-4H3;1-5,11H;2*1H4;;/q;;;;;+1;-1/t19-;12-,14?;;;;;/m00...../s1. The van der Waals surface area contributed by atoms with Crippen LogP contribution in [-0.4, -0.2) is 61.9 Å². The van der Waals surface area contributed by atoms with Crippen LogP contribution in [0.1, 0.15) is 97.1 Å². The SMILES string of the molecule is C.C.CC[C@@H](Cn1cc(C=O)c2ccccc21)NS(=O)(=O)c1c(C)cc(C)cc1C.CC[C@H]1CN1S(=O)(=O)c1c(C)cc(C)cc1C.O=Cc1c[nH]c2ccc(F)cc12.[H-].[Na+]. The van der Waals surface area contributed by atoms with Gasteiger partial charge >= 0.3 is 29.6 Å². The molecule has 0 aliphatic carbocycles. The minimum absolute atomic E-state index is 0. The van der Waals surface area contributed by atoms with Gasteiger partial charge in [-0.3, -0.25) is 9.59 Å². The number of H-pyrrole nitrogens is 1. The molecule has 2 aromatic heterocycles. The number of halogens is 1. The van der Waals surface area contributed by atoms with Gasteiger partial charge in [-0.25, -0.2) is 25.9 Å². The van der Waals surface area contributed by atoms with Crippen LogP contribution in [0, 0.1) is 47.4 Å². The second kappa shape index (κ2) is 21.7. The summed E-state index contributed by atoms with van der Waals surface area (Å²) in [6.07, 6.45) is 6.42. The van der Waals surface area contributed by atoms with Gasteiger partial charge in [0.25, 0.3) is 0 Å². The second-order valence-electron chi connectivity index (χ2n) is 14.7. The van der Waals surface area contributed by atoms with Crippen molar-refractivity contribution < 1.29 is 61.8 Å². The fourth-order valence-electron chi connectivity index (χ4n) is 7.57. The summed E-state index contributed by atoms with van der Waals surface area (Å²) in [5, 5.41) is 1.51. The molecule has 1 aliphatic heterocycles. The minimum Gasteiger partial charge on any atom is -1.00 e. The predicted octanol–water partition coefficient (Wildman–Crippen LogP) is 7.04. The molecule has 7 rings (SSSR count). The monoisotopic (exact) mass is 870 g/mol. The summed E-state index contributed by atoms with van der Waals surface area (Å²) < 4.78 is 70.2. The minimum atomic E-state index is -3.65. The maximum absolute atomic E-state index is 13.1. The number of rotatable bonds is 11. The van der Waals surface area contributed by atoms with E-state index in [9.17, 15) is 30.8 Å². The average Bonchev–Trinajstić information content (AvgIpc) is 3.73. The Morgan fingerprint density at radius 1 is 0.800 bits per heavy atom. The van der Waals surface area contributed by atoms with Crippen LogP contribution in [-0.2, 0) is 26.6 Å². The number of sulfonamides is 2. The maximum atomic E-state index is 13.1. The van der Waals surface area contributed by atoms with E-state index in [-0.39, 0.29) is 63.7 Å². The quantitative estimate of drug-likeness (QED) is 0.0815. The summed E-state index contributed by atoms with van der Waals surface area (Å²) in [5.74, 6) is -0.329. The molecule has 14 heteroatoms. The Balaban J connectivity index is 0.000000483. The zero-order chi connectivity index (χ0) is 41.8. The number of aromatic nitrogens is 2. The number of nitrogens with one attached hydrogen (secondary N) is 2. The van der Waals surface area contributed by atoms with Crippen molar-refractivity contribution in [2.45, 2.75) is 112 Å². The van der Waals surface area contributed by atoms with Crippen LogP contribution in [0.4, 0.5) is 4.39 Å². The van der Waals surface area contributed by atoms with E-state index in [1.807, 2.05) is 108 Å². The fraction of sp³-hybridized carbons (Fsp3) is 0.348. The zero-order valence-corrected chi connectivity index (χ0v) is 38.3. The number of carbonyl (C=O) groups excluding carboxylic acids is 2. The maximum Gasteiger partial charge on any atom is 1.00 e. The molecular formula is C46H60FN4NaO6S2. The van der Waals surface area contributed by atoms with Crippen molar-refractivity contribution in [2.24, 2.45) is 0 Å². The van der Waals surface area contributed by atoms with Crippen LogP contribution in [0.25, 0.3) is 21.8 Å². The zero-order valence-electron chi connectivity index (χ0n) is 35.7. The number of fused-ring (bicyclic) bond motifs is 2. The van der Waals surface area contributed by atoms with E-state index >= 15 is 0 Å². The van der Waals surface area contributed by atoms with Crippen LogP contribution in [0.2, 0.25) is 0 Å². The van der Waals surface area contributed by atoms with Gasteiger partial charge in [-0.05, 0) is 101 Å². The Kier molecular flexibility index (Phi) is 18.9. The predicted molar refractivity (Wildman–Crippen MR) is 239 cm³/mol. The molecule has 6 aromatic rings. The molecule has 0 saturated carbocycles. The van der Waals surface area contributed by atoms with Gasteiger partial charge in [0.2, 0.25) is 20.0 Å². The summed E-state index contributed by atoms with van der Waals surface area (Å²) in [6, 6.07) is 19.5. The van der Waals surface area contributed by atoms with E-state index in [0.717, 1.165) is 62.5 Å². The number of nitrogens with zero attached hydrogens (tertiary/aromatic N) is 2. The van der Waals surface area contributed by atoms with Crippen LogP contribution in [0.3, 0.4) is 0 Å². The van der Waals surface area contributed by atoms with E-state index in [2.05, 4.69) is 9.71 Å². The Morgan fingerprint density at radius 3 is 1.87 bits per heavy atom. The average molecular weight is 871 g/mol. The molecule has 0 radical (unpaired) electrons. The summed E-state index contributed by atoms with van der Waals surface area (Å²) in [7, 11) is -6.93. The third kappa shape index (κ3) is 11.7. The first-order valence-electron chi connectivity index (χ1n) is 18.9. The molecule has 3 atom stereocenters. The normalized spacial score (nSPS) is 14.9. The van der Waals surface area contributed by atoms with Crippen molar-refractivity contribution in [3.63, 3.8) is 0 Å². The molecule has 0 amide bonds. The van der Waals surface area contributed by atoms with Gasteiger partial charge in [0.05, 0.1) is 9.79 Å². The summed E-state index contributed by atoms with van der Waals surface area (Å²) in [5.41, 5.74) is 8.14. The topological polar surface area (TPSA) is 138 Å². The number of carbonyl (C=O) groups is 2. The molecule has 1 saturated heterocycles. The van der Waals surface area contributed by atoms with Crippen LogP contribution in [0.5, 0.6) is 0 Å². The van der Waals surface area contributed by atoms with Gasteiger partial charge in [0.1, 0.15) is 5.82 Å². The van der Waals surface area contributed by atoms with Crippen molar-refractivity contribution in [3.05, 3.63) is 129 Å². The van der Waals surface area contributed by atoms with E-state index in [0.29, 0.717) is 52.1 Å². The molecule has 4 aromatic carbocycles. The number of hydrogen-bond donors (Lipinski definition) is 2. The Labute approximate surface area is 379 Å². The molecule has 0 spiro atoms. The van der Waals surface area contributed by atoms with Crippen LogP contribution < -0.4 is 34.3 Å². The van der Waals surface area contributed by atoms with E-state index in [1.54, 1.807) is 22.8 Å². The first-order valence-corrected chi connectivity index (χ1v) is 21.8. The van der Waals surface area contributed by atoms with Crippen molar-refractivity contribution in [3.8, 4) is 0 Å². The fourth-order valence-corrected chi connectivity index (χ4v) is 11.4. The van der Waals surface area contributed by atoms with E-state index in [1.165, 1.54) is 12.1 Å². The largest absolute Gasteiger partial charge is 1.00 e. The third-order valence-corrected chi connectivity index (χ3v) is 14.2. The molecule has 60 heavy (non-hydrogen) atoms. The van der Waals surface area contributed by atoms with Gasteiger partial charge < -0.3 is 11.0 Å².